The fourth-order valence-electron chi connectivity index (χ4n) is 3.57. The summed E-state index contributed by atoms with van der Waals surface area (Å²) in [6, 6.07) is 0. The first-order chi connectivity index (χ1) is 8.69. The maximum absolute atomic E-state index is 11.8. The lowest BCUT2D eigenvalue weighted by Crippen LogP contribution is -2.29. The molecule has 4 heteroatoms. The Morgan fingerprint density at radius 1 is 1.44 bits per heavy atom. The van der Waals surface area contributed by atoms with Gasteiger partial charge < -0.3 is 10.1 Å². The van der Waals surface area contributed by atoms with Gasteiger partial charge in [0.25, 0.3) is 0 Å². The number of nitrogens with one attached hydrogen (secondary N) is 1. The normalized spacial score (nSPS) is 31.6. The number of rotatable bonds is 7. The molecule has 3 nitrogen and oxygen atoms in total. The molecule has 18 heavy (non-hydrogen) atoms. The fourth-order valence-corrected chi connectivity index (χ4v) is 3.80. The molecule has 0 aliphatic heterocycles. The van der Waals surface area contributed by atoms with Crippen molar-refractivity contribution in [1.29, 1.82) is 0 Å². The molecular weight excluding hydrogens is 250 g/mol. The maximum Gasteiger partial charge on any atom is 0.220 e. The quantitative estimate of drug-likeness (QED) is 0.724. The Kier molecular flexibility index (Phi) is 5.31. The number of carbonyl (C=O) groups excluding carboxylic acids is 1. The minimum Gasteiger partial charge on any atom is -0.383 e. The standard InChI is InChI=1S/C14H24ClNO2/c1-18-9-13(15)4-5-16-14(17)8-12-7-10-2-3-11(12)6-10/h10-13H,2-9H2,1H3,(H,16,17). The van der Waals surface area contributed by atoms with E-state index in [0.29, 0.717) is 19.1 Å². The van der Waals surface area contributed by atoms with Crippen LogP contribution in [0.2, 0.25) is 0 Å². The van der Waals surface area contributed by atoms with Crippen LogP contribution in [0.5, 0.6) is 0 Å². The highest BCUT2D eigenvalue weighted by Gasteiger charge is 2.39. The van der Waals surface area contributed by atoms with Gasteiger partial charge in [-0.25, -0.2) is 0 Å². The monoisotopic (exact) mass is 273 g/mol. The van der Waals surface area contributed by atoms with Crippen LogP contribution in [0.15, 0.2) is 0 Å². The minimum atomic E-state index is -0.00204. The van der Waals surface area contributed by atoms with E-state index in [1.54, 1.807) is 7.11 Å². The zero-order valence-corrected chi connectivity index (χ0v) is 11.9. The summed E-state index contributed by atoms with van der Waals surface area (Å²) in [6.45, 7) is 1.21. The third kappa shape index (κ3) is 3.86. The molecule has 2 aliphatic rings. The molecule has 4 unspecified atom stereocenters. The van der Waals surface area contributed by atoms with Gasteiger partial charge in [-0.1, -0.05) is 6.42 Å². The molecule has 0 radical (unpaired) electrons. The second kappa shape index (κ2) is 6.76. The molecule has 0 spiro atoms. The molecule has 2 fully saturated rings. The molecular formula is C14H24ClNO2. The first-order valence-electron chi connectivity index (χ1n) is 7.08. The van der Waals surface area contributed by atoms with Crippen LogP contribution in [0, 0.1) is 17.8 Å². The number of carbonyl (C=O) groups is 1. The number of alkyl halides is 1. The SMILES string of the molecule is COCC(Cl)CCNC(=O)CC1CC2CCC1C2. The molecule has 0 aromatic heterocycles. The molecule has 2 aliphatic carbocycles. The van der Waals surface area contributed by atoms with E-state index >= 15 is 0 Å². The summed E-state index contributed by atoms with van der Waals surface area (Å²) in [4.78, 5) is 11.8. The van der Waals surface area contributed by atoms with Gasteiger partial charge in [-0.2, -0.15) is 0 Å². The van der Waals surface area contributed by atoms with Crippen molar-refractivity contribution in [2.24, 2.45) is 17.8 Å². The fraction of sp³-hybridized carbons (Fsp3) is 0.929. The van der Waals surface area contributed by atoms with Crippen molar-refractivity contribution in [3.8, 4) is 0 Å². The molecule has 2 bridgehead atoms. The number of ether oxygens (including phenoxy) is 1. The molecule has 1 N–H and O–H groups in total. The minimum absolute atomic E-state index is 0.00204. The Morgan fingerprint density at radius 3 is 2.89 bits per heavy atom. The van der Waals surface area contributed by atoms with E-state index in [4.69, 9.17) is 16.3 Å². The van der Waals surface area contributed by atoms with Gasteiger partial charge in [0, 0.05) is 20.1 Å². The smallest absolute Gasteiger partial charge is 0.220 e. The van der Waals surface area contributed by atoms with Gasteiger partial charge in [-0.15, -0.1) is 11.6 Å². The van der Waals surface area contributed by atoms with E-state index in [1.165, 1.54) is 25.7 Å². The predicted molar refractivity (Wildman–Crippen MR) is 72.7 cm³/mol. The molecule has 4 atom stereocenters. The summed E-state index contributed by atoms with van der Waals surface area (Å²) in [6.07, 6.45) is 6.89. The Balaban J connectivity index is 1.58. The van der Waals surface area contributed by atoms with Crippen molar-refractivity contribution in [2.75, 3.05) is 20.3 Å². The van der Waals surface area contributed by atoms with E-state index in [9.17, 15) is 4.79 Å². The van der Waals surface area contributed by atoms with Gasteiger partial charge in [-0.05, 0) is 43.4 Å². The van der Waals surface area contributed by atoms with Crippen LogP contribution in [0.1, 0.15) is 38.5 Å². The predicted octanol–water partition coefficient (Wildman–Crippen LogP) is 2.57. The van der Waals surface area contributed by atoms with Crippen LogP contribution in [0.3, 0.4) is 0 Å². The van der Waals surface area contributed by atoms with Crippen LogP contribution in [-0.4, -0.2) is 31.5 Å². The Labute approximate surface area is 115 Å². The summed E-state index contributed by atoms with van der Waals surface area (Å²) in [5.41, 5.74) is 0. The molecule has 104 valence electrons. The Hall–Kier alpha value is -0.280. The van der Waals surface area contributed by atoms with Crippen molar-refractivity contribution in [3.05, 3.63) is 0 Å². The number of hydrogen-bond acceptors (Lipinski definition) is 2. The zero-order valence-electron chi connectivity index (χ0n) is 11.2. The highest BCUT2D eigenvalue weighted by molar-refractivity contribution is 6.20. The first-order valence-corrected chi connectivity index (χ1v) is 7.52. The number of hydrogen-bond donors (Lipinski definition) is 1. The van der Waals surface area contributed by atoms with Crippen LogP contribution in [0.25, 0.3) is 0 Å². The highest BCUT2D eigenvalue weighted by Crippen LogP contribution is 2.49. The van der Waals surface area contributed by atoms with Gasteiger partial charge >= 0.3 is 0 Å². The Morgan fingerprint density at radius 2 is 2.28 bits per heavy atom. The number of methoxy groups -OCH3 is 1. The number of amides is 1. The van der Waals surface area contributed by atoms with Crippen molar-refractivity contribution in [3.63, 3.8) is 0 Å². The van der Waals surface area contributed by atoms with Gasteiger partial charge in [0.15, 0.2) is 0 Å². The second-order valence-corrected chi connectivity index (χ2v) is 6.45. The molecule has 2 rings (SSSR count). The highest BCUT2D eigenvalue weighted by atomic mass is 35.5. The third-order valence-corrected chi connectivity index (χ3v) is 4.80. The summed E-state index contributed by atoms with van der Waals surface area (Å²) in [7, 11) is 1.64. The molecule has 0 saturated heterocycles. The van der Waals surface area contributed by atoms with Crippen molar-refractivity contribution < 1.29 is 9.53 Å². The largest absolute Gasteiger partial charge is 0.383 e. The lowest BCUT2D eigenvalue weighted by molar-refractivity contribution is -0.122. The van der Waals surface area contributed by atoms with E-state index in [2.05, 4.69) is 5.32 Å². The number of fused-ring (bicyclic) bond motifs is 2. The van der Waals surface area contributed by atoms with Gasteiger partial charge in [-0.3, -0.25) is 4.79 Å². The maximum atomic E-state index is 11.8. The molecule has 1 amide bonds. The van der Waals surface area contributed by atoms with E-state index in [1.807, 2.05) is 0 Å². The van der Waals surface area contributed by atoms with Crippen molar-refractivity contribution in [1.82, 2.24) is 5.32 Å². The molecule has 0 aromatic rings. The number of halogens is 1. The summed E-state index contributed by atoms with van der Waals surface area (Å²) in [5, 5.41) is 2.98. The average Bonchev–Trinajstić information content (AvgIpc) is 2.91. The van der Waals surface area contributed by atoms with Gasteiger partial charge in [0.05, 0.1) is 12.0 Å². The van der Waals surface area contributed by atoms with Gasteiger partial charge in [0.1, 0.15) is 0 Å². The lowest BCUT2D eigenvalue weighted by Gasteiger charge is -2.21. The summed E-state index contributed by atoms with van der Waals surface area (Å²) < 4.78 is 4.96. The average molecular weight is 274 g/mol. The third-order valence-electron chi connectivity index (χ3n) is 4.46. The molecule has 0 aromatic carbocycles. The summed E-state index contributed by atoms with van der Waals surface area (Å²) in [5.74, 6) is 2.60. The van der Waals surface area contributed by atoms with Crippen LogP contribution >= 0.6 is 11.6 Å². The van der Waals surface area contributed by atoms with Crippen LogP contribution in [-0.2, 0) is 9.53 Å². The van der Waals surface area contributed by atoms with Crippen molar-refractivity contribution in [2.45, 2.75) is 43.9 Å². The van der Waals surface area contributed by atoms with E-state index in [0.717, 1.165) is 24.7 Å². The zero-order chi connectivity index (χ0) is 13.0. The molecule has 2 saturated carbocycles. The Bertz CT molecular complexity index is 285. The first kappa shape index (κ1) is 14.1. The molecule has 0 heterocycles. The van der Waals surface area contributed by atoms with Crippen molar-refractivity contribution >= 4 is 17.5 Å². The van der Waals surface area contributed by atoms with E-state index < -0.39 is 0 Å². The van der Waals surface area contributed by atoms with Gasteiger partial charge in [0.2, 0.25) is 5.91 Å². The van der Waals surface area contributed by atoms with Crippen LogP contribution < -0.4 is 5.32 Å². The van der Waals surface area contributed by atoms with E-state index in [-0.39, 0.29) is 11.3 Å². The summed E-state index contributed by atoms with van der Waals surface area (Å²) >= 11 is 6.01. The second-order valence-electron chi connectivity index (χ2n) is 5.83. The van der Waals surface area contributed by atoms with Crippen LogP contribution in [0.4, 0.5) is 0 Å². The topological polar surface area (TPSA) is 38.3 Å². The lowest BCUT2D eigenvalue weighted by atomic mass is 9.86.